The van der Waals surface area contributed by atoms with E-state index in [2.05, 4.69) is 5.10 Å². The van der Waals surface area contributed by atoms with Crippen molar-refractivity contribution in [2.75, 3.05) is 0 Å². The Labute approximate surface area is 124 Å². The number of ketones is 1. The summed E-state index contributed by atoms with van der Waals surface area (Å²) in [5, 5.41) is 4.11. The number of benzene rings is 1. The first kappa shape index (κ1) is 13.9. The molecule has 0 aliphatic carbocycles. The number of Topliss-reactive ketones (excluding diaryl/α,β-unsaturated/α-hetero) is 1. The average molecular weight is 298 g/mol. The predicted molar refractivity (Wildman–Crippen MR) is 76.9 cm³/mol. The van der Waals surface area contributed by atoms with Gasteiger partial charge in [0, 0.05) is 11.6 Å². The van der Waals surface area contributed by atoms with Gasteiger partial charge in [-0.05, 0) is 42.5 Å². The van der Waals surface area contributed by atoms with Crippen LogP contribution in [0.5, 0.6) is 0 Å². The number of carbonyl (C=O) groups excluding carboxylic acids is 1. The van der Waals surface area contributed by atoms with Crippen molar-refractivity contribution in [2.45, 2.75) is 6.54 Å². The predicted octanol–water partition coefficient (Wildman–Crippen LogP) is 2.53. The van der Waals surface area contributed by atoms with E-state index in [4.69, 9.17) is 4.42 Å². The van der Waals surface area contributed by atoms with Gasteiger partial charge in [0.25, 0.3) is 5.56 Å². The van der Waals surface area contributed by atoms with Gasteiger partial charge in [0.05, 0.1) is 6.26 Å². The highest BCUT2D eigenvalue weighted by molar-refractivity contribution is 5.95. The molecule has 0 saturated heterocycles. The van der Waals surface area contributed by atoms with E-state index in [0.717, 1.165) is 4.68 Å². The van der Waals surface area contributed by atoms with E-state index in [1.165, 1.54) is 42.7 Å². The third-order valence-electron chi connectivity index (χ3n) is 3.10. The number of furan rings is 1. The van der Waals surface area contributed by atoms with Crippen LogP contribution in [-0.4, -0.2) is 15.6 Å². The van der Waals surface area contributed by atoms with Crippen LogP contribution >= 0.6 is 0 Å². The van der Waals surface area contributed by atoms with Gasteiger partial charge in [0.1, 0.15) is 18.1 Å². The molecule has 0 unspecified atom stereocenters. The summed E-state index contributed by atoms with van der Waals surface area (Å²) in [4.78, 5) is 23.9. The largest absolute Gasteiger partial charge is 0.463 e. The maximum atomic E-state index is 12.9. The number of nitrogens with zero attached hydrogens (tertiary/aromatic N) is 2. The Morgan fingerprint density at radius 2 is 1.91 bits per heavy atom. The second-order valence-electron chi connectivity index (χ2n) is 4.62. The van der Waals surface area contributed by atoms with Crippen LogP contribution in [0.1, 0.15) is 10.4 Å². The first-order valence-corrected chi connectivity index (χ1v) is 6.54. The molecule has 2 heterocycles. The van der Waals surface area contributed by atoms with E-state index in [0.29, 0.717) is 17.0 Å². The molecule has 3 rings (SSSR count). The van der Waals surface area contributed by atoms with Gasteiger partial charge in [-0.15, -0.1) is 0 Å². The zero-order chi connectivity index (χ0) is 15.5. The summed E-state index contributed by atoms with van der Waals surface area (Å²) in [7, 11) is 0. The topological polar surface area (TPSA) is 65.1 Å². The Kier molecular flexibility index (Phi) is 3.65. The summed E-state index contributed by atoms with van der Waals surface area (Å²) in [6.07, 6.45) is 1.50. The molecule has 0 saturated carbocycles. The van der Waals surface area contributed by atoms with Crippen molar-refractivity contribution < 1.29 is 13.6 Å². The van der Waals surface area contributed by atoms with E-state index in [-0.39, 0.29) is 12.3 Å². The quantitative estimate of drug-likeness (QED) is 0.694. The highest BCUT2D eigenvalue weighted by atomic mass is 19.1. The summed E-state index contributed by atoms with van der Waals surface area (Å²) in [6.45, 7) is -0.223. The molecule has 0 radical (unpaired) electrons. The highest BCUT2D eigenvalue weighted by Crippen LogP contribution is 2.15. The molecular formula is C16H11FN2O3. The fourth-order valence-electron chi connectivity index (χ4n) is 1.98. The Hall–Kier alpha value is -3.02. The van der Waals surface area contributed by atoms with Crippen LogP contribution < -0.4 is 5.56 Å². The lowest BCUT2D eigenvalue weighted by atomic mass is 10.1. The standard InChI is InChI=1S/C16H11FN2O3/c17-12-5-3-11(4-6-12)14(20)10-19-16(21)8-7-13(18-19)15-2-1-9-22-15/h1-9H,10H2. The Balaban J connectivity index is 1.88. The zero-order valence-electron chi connectivity index (χ0n) is 11.4. The second-order valence-corrected chi connectivity index (χ2v) is 4.62. The van der Waals surface area contributed by atoms with E-state index in [9.17, 15) is 14.0 Å². The van der Waals surface area contributed by atoms with Crippen LogP contribution in [0, 0.1) is 5.82 Å². The summed E-state index contributed by atoms with van der Waals surface area (Å²) in [5.41, 5.74) is 0.376. The summed E-state index contributed by atoms with van der Waals surface area (Å²) < 4.78 is 19.1. The lowest BCUT2D eigenvalue weighted by molar-refractivity contribution is 0.0965. The van der Waals surface area contributed by atoms with Gasteiger partial charge in [-0.25, -0.2) is 9.07 Å². The van der Waals surface area contributed by atoms with E-state index >= 15 is 0 Å². The third kappa shape index (κ3) is 2.85. The molecule has 5 nitrogen and oxygen atoms in total. The Morgan fingerprint density at radius 1 is 1.14 bits per heavy atom. The minimum Gasteiger partial charge on any atom is -0.463 e. The van der Waals surface area contributed by atoms with Crippen molar-refractivity contribution in [3.8, 4) is 11.5 Å². The summed E-state index contributed by atoms with van der Waals surface area (Å²) in [5.74, 6) is -0.249. The molecule has 2 aromatic heterocycles. The number of aromatic nitrogens is 2. The number of hydrogen-bond donors (Lipinski definition) is 0. The molecule has 0 bridgehead atoms. The molecule has 3 aromatic rings. The van der Waals surface area contributed by atoms with Crippen LogP contribution in [-0.2, 0) is 6.54 Å². The summed E-state index contributed by atoms with van der Waals surface area (Å²) in [6, 6.07) is 11.4. The highest BCUT2D eigenvalue weighted by Gasteiger charge is 2.11. The third-order valence-corrected chi connectivity index (χ3v) is 3.10. The molecule has 0 spiro atoms. The van der Waals surface area contributed by atoms with Crippen molar-refractivity contribution in [2.24, 2.45) is 0 Å². The Bertz CT molecular complexity index is 852. The average Bonchev–Trinajstić information content (AvgIpc) is 3.04. The normalized spacial score (nSPS) is 10.6. The van der Waals surface area contributed by atoms with Crippen LogP contribution in [0.2, 0.25) is 0 Å². The van der Waals surface area contributed by atoms with E-state index in [1.807, 2.05) is 0 Å². The molecule has 0 fully saturated rings. The van der Waals surface area contributed by atoms with Gasteiger partial charge >= 0.3 is 0 Å². The van der Waals surface area contributed by atoms with Gasteiger partial charge < -0.3 is 4.42 Å². The molecular weight excluding hydrogens is 287 g/mol. The van der Waals surface area contributed by atoms with E-state index < -0.39 is 11.4 Å². The van der Waals surface area contributed by atoms with Gasteiger partial charge in [0.15, 0.2) is 11.5 Å². The second kappa shape index (κ2) is 5.77. The van der Waals surface area contributed by atoms with Crippen LogP contribution in [0.25, 0.3) is 11.5 Å². The first-order valence-electron chi connectivity index (χ1n) is 6.54. The number of rotatable bonds is 4. The van der Waals surface area contributed by atoms with Gasteiger partial charge in [-0.3, -0.25) is 9.59 Å². The fraction of sp³-hybridized carbons (Fsp3) is 0.0625. The molecule has 0 N–H and O–H groups in total. The molecule has 6 heteroatoms. The number of hydrogen-bond acceptors (Lipinski definition) is 4. The van der Waals surface area contributed by atoms with Crippen LogP contribution in [0.15, 0.2) is 64.0 Å². The lowest BCUT2D eigenvalue weighted by Crippen LogP contribution is -2.26. The molecule has 110 valence electrons. The SMILES string of the molecule is O=C(Cn1nc(-c2ccco2)ccc1=O)c1ccc(F)cc1. The maximum Gasteiger partial charge on any atom is 0.267 e. The smallest absolute Gasteiger partial charge is 0.267 e. The molecule has 22 heavy (non-hydrogen) atoms. The van der Waals surface area contributed by atoms with Crippen molar-refractivity contribution in [1.29, 1.82) is 0 Å². The molecule has 0 atom stereocenters. The number of halogens is 1. The van der Waals surface area contributed by atoms with Crippen molar-refractivity contribution in [1.82, 2.24) is 9.78 Å². The van der Waals surface area contributed by atoms with Gasteiger partial charge in [-0.2, -0.15) is 5.10 Å². The number of carbonyl (C=O) groups is 1. The first-order chi connectivity index (χ1) is 10.6. The molecule has 0 aliphatic heterocycles. The lowest BCUT2D eigenvalue weighted by Gasteiger charge is -2.05. The van der Waals surface area contributed by atoms with Crippen LogP contribution in [0.3, 0.4) is 0 Å². The van der Waals surface area contributed by atoms with Crippen molar-refractivity contribution in [3.63, 3.8) is 0 Å². The minimum absolute atomic E-state index is 0.223. The fourth-order valence-corrected chi connectivity index (χ4v) is 1.98. The minimum atomic E-state index is -0.424. The monoisotopic (exact) mass is 298 g/mol. The molecule has 0 aliphatic rings. The van der Waals surface area contributed by atoms with Gasteiger partial charge in [0.2, 0.25) is 0 Å². The molecule has 1 aromatic carbocycles. The van der Waals surface area contributed by atoms with E-state index in [1.54, 1.807) is 12.1 Å². The van der Waals surface area contributed by atoms with Crippen LogP contribution in [0.4, 0.5) is 4.39 Å². The summed E-state index contributed by atoms with van der Waals surface area (Å²) >= 11 is 0. The van der Waals surface area contributed by atoms with Crippen molar-refractivity contribution >= 4 is 5.78 Å². The Morgan fingerprint density at radius 3 is 2.59 bits per heavy atom. The zero-order valence-corrected chi connectivity index (χ0v) is 11.4. The van der Waals surface area contributed by atoms with Crippen molar-refractivity contribution in [3.05, 3.63) is 76.5 Å². The maximum absolute atomic E-state index is 12.9. The van der Waals surface area contributed by atoms with Gasteiger partial charge in [-0.1, -0.05) is 0 Å². The molecule has 0 amide bonds.